The van der Waals surface area contributed by atoms with Crippen molar-refractivity contribution in [1.29, 1.82) is 0 Å². The van der Waals surface area contributed by atoms with E-state index in [1.54, 1.807) is 23.4 Å². The van der Waals surface area contributed by atoms with Gasteiger partial charge in [-0.05, 0) is 62.6 Å². The second-order valence-electron chi connectivity index (χ2n) is 7.41. The Kier molecular flexibility index (Phi) is 6.52. The number of nitrogens with one attached hydrogen (secondary N) is 1. The number of rotatable bonds is 6. The van der Waals surface area contributed by atoms with Crippen LogP contribution in [0.2, 0.25) is 0 Å². The quantitative estimate of drug-likeness (QED) is 0.547. The van der Waals surface area contributed by atoms with Crippen molar-refractivity contribution in [3.63, 3.8) is 0 Å². The lowest BCUT2D eigenvalue weighted by Crippen LogP contribution is -2.43. The third-order valence-corrected chi connectivity index (χ3v) is 7.38. The fourth-order valence-electron chi connectivity index (χ4n) is 3.75. The first-order chi connectivity index (χ1) is 14.2. The number of aryl methyl sites for hydroxylation is 1. The highest BCUT2D eigenvalue weighted by atomic mass is 32.2. The van der Waals surface area contributed by atoms with Gasteiger partial charge in [0.25, 0.3) is 11.6 Å². The van der Waals surface area contributed by atoms with E-state index in [9.17, 15) is 23.3 Å². The van der Waals surface area contributed by atoms with Gasteiger partial charge in [0.2, 0.25) is 10.0 Å². The fraction of sp³-hybridized carbons (Fsp3) is 0.381. The van der Waals surface area contributed by atoms with Crippen LogP contribution in [0.5, 0.6) is 0 Å². The van der Waals surface area contributed by atoms with Gasteiger partial charge in [-0.2, -0.15) is 4.31 Å². The molecule has 1 N–H and O–H groups in total. The molecular formula is C21H25N3O5S. The van der Waals surface area contributed by atoms with E-state index in [0.717, 1.165) is 25.7 Å². The van der Waals surface area contributed by atoms with E-state index in [1.165, 1.54) is 30.3 Å². The van der Waals surface area contributed by atoms with Crippen molar-refractivity contribution in [2.24, 2.45) is 0 Å². The monoisotopic (exact) mass is 431 g/mol. The highest BCUT2D eigenvalue weighted by Crippen LogP contribution is 2.28. The summed E-state index contributed by atoms with van der Waals surface area (Å²) in [5.41, 5.74) is 1.07. The number of nitrogens with zero attached hydrogens (tertiary/aromatic N) is 2. The molecular weight excluding hydrogens is 406 g/mol. The van der Waals surface area contributed by atoms with E-state index in [-0.39, 0.29) is 22.2 Å². The third kappa shape index (κ3) is 4.52. The summed E-state index contributed by atoms with van der Waals surface area (Å²) in [4.78, 5) is 23.1. The molecule has 2 aromatic rings. The normalized spacial score (nSPS) is 17.5. The Labute approximate surface area is 176 Å². The lowest BCUT2D eigenvalue weighted by Gasteiger charge is -2.34. The van der Waals surface area contributed by atoms with Crippen LogP contribution in [0.3, 0.4) is 0 Å². The number of amides is 1. The Bertz CT molecular complexity index is 1050. The highest BCUT2D eigenvalue weighted by Gasteiger charge is 2.32. The average Bonchev–Trinajstić information content (AvgIpc) is 2.73. The smallest absolute Gasteiger partial charge is 0.272 e. The van der Waals surface area contributed by atoms with E-state index in [1.807, 2.05) is 6.92 Å². The molecule has 0 saturated carbocycles. The Morgan fingerprint density at radius 2 is 1.90 bits per heavy atom. The number of hydrogen-bond acceptors (Lipinski definition) is 5. The summed E-state index contributed by atoms with van der Waals surface area (Å²) in [6.45, 7) is 4.09. The minimum Gasteiger partial charge on any atom is -0.322 e. The summed E-state index contributed by atoms with van der Waals surface area (Å²) in [5, 5.41) is 13.6. The number of hydrogen-bond donors (Lipinski definition) is 1. The highest BCUT2D eigenvalue weighted by molar-refractivity contribution is 7.89. The van der Waals surface area contributed by atoms with Crippen LogP contribution >= 0.6 is 0 Å². The third-order valence-electron chi connectivity index (χ3n) is 5.42. The van der Waals surface area contributed by atoms with E-state index in [4.69, 9.17) is 0 Å². The zero-order valence-corrected chi connectivity index (χ0v) is 17.8. The molecule has 0 aromatic heterocycles. The van der Waals surface area contributed by atoms with Crippen molar-refractivity contribution in [3.8, 4) is 0 Å². The summed E-state index contributed by atoms with van der Waals surface area (Å²) >= 11 is 0. The van der Waals surface area contributed by atoms with Crippen LogP contribution in [0, 0.1) is 17.0 Å². The summed E-state index contributed by atoms with van der Waals surface area (Å²) in [6, 6.07) is 10.2. The summed E-state index contributed by atoms with van der Waals surface area (Å²) in [7, 11) is -3.58. The predicted octanol–water partition coefficient (Wildman–Crippen LogP) is 4.11. The molecule has 0 radical (unpaired) electrons. The van der Waals surface area contributed by atoms with Crippen molar-refractivity contribution < 1.29 is 18.1 Å². The van der Waals surface area contributed by atoms with Crippen LogP contribution in [0.25, 0.3) is 0 Å². The zero-order chi connectivity index (χ0) is 21.9. The summed E-state index contributed by atoms with van der Waals surface area (Å²) < 4.78 is 27.6. The van der Waals surface area contributed by atoms with Gasteiger partial charge in [0, 0.05) is 35.5 Å². The average molecular weight is 432 g/mol. The van der Waals surface area contributed by atoms with Gasteiger partial charge in [0.1, 0.15) is 0 Å². The number of anilines is 1. The van der Waals surface area contributed by atoms with Crippen molar-refractivity contribution in [2.45, 2.75) is 50.5 Å². The number of nitro groups is 1. The van der Waals surface area contributed by atoms with Gasteiger partial charge in [0.15, 0.2) is 0 Å². The maximum atomic E-state index is 13.0. The Morgan fingerprint density at radius 1 is 1.20 bits per heavy atom. The summed E-state index contributed by atoms with van der Waals surface area (Å²) in [5.74, 6) is -0.425. The lowest BCUT2D eigenvalue weighted by molar-refractivity contribution is -0.385. The fourth-order valence-corrected chi connectivity index (χ4v) is 5.52. The maximum Gasteiger partial charge on any atom is 0.272 e. The molecule has 0 aliphatic carbocycles. The molecule has 160 valence electrons. The predicted molar refractivity (Wildman–Crippen MR) is 114 cm³/mol. The molecule has 1 saturated heterocycles. The van der Waals surface area contributed by atoms with Crippen LogP contribution < -0.4 is 5.32 Å². The molecule has 9 heteroatoms. The number of piperidine rings is 1. The molecule has 0 bridgehead atoms. The SMILES string of the molecule is CCC1CCCCN1S(=O)(=O)c1ccc(NC(=O)c2ccc([N+](=O)[O-])c(C)c2)cc1. The van der Waals surface area contributed by atoms with Gasteiger partial charge >= 0.3 is 0 Å². The topological polar surface area (TPSA) is 110 Å². The van der Waals surface area contributed by atoms with Gasteiger partial charge in [-0.25, -0.2) is 8.42 Å². The van der Waals surface area contributed by atoms with Crippen molar-refractivity contribution in [2.75, 3.05) is 11.9 Å². The second-order valence-corrected chi connectivity index (χ2v) is 9.30. The number of carbonyl (C=O) groups is 1. The molecule has 8 nitrogen and oxygen atoms in total. The number of benzene rings is 2. The molecule has 3 rings (SSSR count). The van der Waals surface area contributed by atoms with E-state index < -0.39 is 20.9 Å². The molecule has 1 aliphatic heterocycles. The minimum atomic E-state index is -3.58. The molecule has 1 amide bonds. The number of nitro benzene ring substituents is 1. The summed E-state index contributed by atoms with van der Waals surface area (Å²) in [6.07, 6.45) is 3.55. The first-order valence-corrected chi connectivity index (χ1v) is 11.4. The van der Waals surface area contributed by atoms with E-state index in [2.05, 4.69) is 5.32 Å². The van der Waals surface area contributed by atoms with Crippen LogP contribution in [-0.4, -0.2) is 36.1 Å². The van der Waals surface area contributed by atoms with Crippen LogP contribution in [-0.2, 0) is 10.0 Å². The van der Waals surface area contributed by atoms with Gasteiger partial charge < -0.3 is 5.32 Å². The van der Waals surface area contributed by atoms with E-state index >= 15 is 0 Å². The minimum absolute atomic E-state index is 0.0218. The number of carbonyl (C=O) groups excluding carboxylic acids is 1. The maximum absolute atomic E-state index is 13.0. The Hall–Kier alpha value is -2.78. The Balaban J connectivity index is 1.75. The standard InChI is InChI=1S/C21H25N3O5S/c1-3-18-6-4-5-13-23(18)30(28,29)19-10-8-17(9-11-19)22-21(25)16-7-12-20(24(26)27)15(2)14-16/h7-12,14,18H,3-6,13H2,1-2H3,(H,22,25). The first-order valence-electron chi connectivity index (χ1n) is 9.92. The van der Waals surface area contributed by atoms with Gasteiger partial charge in [-0.3, -0.25) is 14.9 Å². The van der Waals surface area contributed by atoms with Crippen LogP contribution in [0.1, 0.15) is 48.5 Å². The van der Waals surface area contributed by atoms with Gasteiger partial charge in [0.05, 0.1) is 9.82 Å². The van der Waals surface area contributed by atoms with Crippen molar-refractivity contribution in [3.05, 3.63) is 63.7 Å². The van der Waals surface area contributed by atoms with Gasteiger partial charge in [-0.15, -0.1) is 0 Å². The molecule has 2 aromatic carbocycles. The zero-order valence-electron chi connectivity index (χ0n) is 17.0. The van der Waals surface area contributed by atoms with Crippen molar-refractivity contribution in [1.82, 2.24) is 4.31 Å². The molecule has 1 aliphatic rings. The largest absolute Gasteiger partial charge is 0.322 e. The molecule has 30 heavy (non-hydrogen) atoms. The van der Waals surface area contributed by atoms with E-state index in [0.29, 0.717) is 17.8 Å². The van der Waals surface area contributed by atoms with Crippen LogP contribution in [0.4, 0.5) is 11.4 Å². The Morgan fingerprint density at radius 3 is 2.50 bits per heavy atom. The molecule has 1 unspecified atom stereocenters. The molecule has 1 atom stereocenters. The van der Waals surface area contributed by atoms with Crippen molar-refractivity contribution >= 4 is 27.3 Å². The van der Waals surface area contributed by atoms with Gasteiger partial charge in [-0.1, -0.05) is 13.3 Å². The molecule has 1 heterocycles. The molecule has 0 spiro atoms. The molecule has 1 fully saturated rings. The second kappa shape index (κ2) is 8.93. The van der Waals surface area contributed by atoms with Crippen LogP contribution in [0.15, 0.2) is 47.4 Å². The lowest BCUT2D eigenvalue weighted by atomic mass is 10.0. The number of sulfonamides is 1. The first kappa shape index (κ1) is 21.9.